The summed E-state index contributed by atoms with van der Waals surface area (Å²) in [6.45, 7) is 1.03. The standard InChI is InChI=1S/C20H20N4O6/c25-19-9-13(11-23(19)14-5-6-17-18(10-14)30-12-29-17)20(26)22-8-7-21-15-3-1-2-4-16(15)24(27)28/h1-6,10,13,21H,7-9,11-12H2,(H,22,26). The zero-order valence-electron chi connectivity index (χ0n) is 16.0. The molecule has 2 amide bonds. The van der Waals surface area contributed by atoms with Gasteiger partial charge in [-0.15, -0.1) is 0 Å². The number of nitrogens with zero attached hydrogens (tertiary/aromatic N) is 2. The number of nitro groups is 1. The molecule has 10 heteroatoms. The molecule has 2 heterocycles. The molecule has 1 atom stereocenters. The van der Waals surface area contributed by atoms with Gasteiger partial charge in [-0.1, -0.05) is 12.1 Å². The lowest BCUT2D eigenvalue weighted by Crippen LogP contribution is -2.35. The molecular formula is C20H20N4O6. The van der Waals surface area contributed by atoms with E-state index in [1.54, 1.807) is 41.3 Å². The third-order valence-electron chi connectivity index (χ3n) is 5.00. The number of anilines is 2. The van der Waals surface area contributed by atoms with E-state index in [9.17, 15) is 19.7 Å². The Kier molecular flexibility index (Phi) is 5.38. The van der Waals surface area contributed by atoms with Gasteiger partial charge in [0, 0.05) is 43.9 Å². The van der Waals surface area contributed by atoms with Crippen molar-refractivity contribution in [1.82, 2.24) is 5.32 Å². The highest BCUT2D eigenvalue weighted by atomic mass is 16.7. The molecule has 2 aromatic rings. The van der Waals surface area contributed by atoms with Crippen molar-refractivity contribution in [2.45, 2.75) is 6.42 Å². The van der Waals surface area contributed by atoms with E-state index in [1.807, 2.05) is 0 Å². The molecule has 1 unspecified atom stereocenters. The van der Waals surface area contributed by atoms with Gasteiger partial charge in [0.15, 0.2) is 11.5 Å². The molecule has 0 bridgehead atoms. The average molecular weight is 412 g/mol. The first kappa shape index (κ1) is 19.5. The maximum absolute atomic E-state index is 12.5. The lowest BCUT2D eigenvalue weighted by molar-refractivity contribution is -0.384. The lowest BCUT2D eigenvalue weighted by atomic mass is 10.1. The van der Waals surface area contributed by atoms with Crippen LogP contribution in [-0.4, -0.2) is 43.2 Å². The molecular weight excluding hydrogens is 392 g/mol. The topological polar surface area (TPSA) is 123 Å². The number of hydrogen-bond acceptors (Lipinski definition) is 7. The number of ether oxygens (including phenoxy) is 2. The van der Waals surface area contributed by atoms with Crippen molar-refractivity contribution in [3.63, 3.8) is 0 Å². The summed E-state index contributed by atoms with van der Waals surface area (Å²) in [6, 6.07) is 11.6. The molecule has 4 rings (SSSR count). The summed E-state index contributed by atoms with van der Waals surface area (Å²) in [6.07, 6.45) is 0.123. The predicted octanol–water partition coefficient (Wildman–Crippen LogP) is 1.90. The van der Waals surface area contributed by atoms with Crippen molar-refractivity contribution in [1.29, 1.82) is 0 Å². The van der Waals surface area contributed by atoms with Crippen LogP contribution in [0.3, 0.4) is 0 Å². The zero-order valence-corrected chi connectivity index (χ0v) is 16.0. The molecule has 2 aromatic carbocycles. The minimum absolute atomic E-state index is 0.0235. The van der Waals surface area contributed by atoms with E-state index in [0.717, 1.165) is 0 Å². The summed E-state index contributed by atoms with van der Waals surface area (Å²) < 4.78 is 10.6. The van der Waals surface area contributed by atoms with Gasteiger partial charge in [-0.2, -0.15) is 0 Å². The normalized spacial score (nSPS) is 17.1. The monoisotopic (exact) mass is 412 g/mol. The Morgan fingerprint density at radius 1 is 1.17 bits per heavy atom. The summed E-state index contributed by atoms with van der Waals surface area (Å²) in [5, 5.41) is 16.8. The first-order valence-electron chi connectivity index (χ1n) is 9.48. The van der Waals surface area contributed by atoms with E-state index in [-0.39, 0.29) is 43.8 Å². The quantitative estimate of drug-likeness (QED) is 0.404. The van der Waals surface area contributed by atoms with E-state index in [1.165, 1.54) is 6.07 Å². The number of nitrogens with one attached hydrogen (secondary N) is 2. The van der Waals surface area contributed by atoms with E-state index in [0.29, 0.717) is 29.4 Å². The Morgan fingerprint density at radius 3 is 2.80 bits per heavy atom. The van der Waals surface area contributed by atoms with E-state index >= 15 is 0 Å². The van der Waals surface area contributed by atoms with Crippen LogP contribution in [0.25, 0.3) is 0 Å². The number of para-hydroxylation sites is 2. The Morgan fingerprint density at radius 2 is 1.97 bits per heavy atom. The van der Waals surface area contributed by atoms with Gasteiger partial charge in [-0.25, -0.2) is 0 Å². The second kappa shape index (κ2) is 8.27. The van der Waals surface area contributed by atoms with Crippen LogP contribution in [0.1, 0.15) is 6.42 Å². The van der Waals surface area contributed by atoms with Crippen molar-refractivity contribution < 1.29 is 24.0 Å². The molecule has 30 heavy (non-hydrogen) atoms. The van der Waals surface area contributed by atoms with Crippen molar-refractivity contribution in [3.8, 4) is 11.5 Å². The first-order chi connectivity index (χ1) is 14.5. The van der Waals surface area contributed by atoms with Crippen LogP contribution >= 0.6 is 0 Å². The summed E-state index contributed by atoms with van der Waals surface area (Å²) in [7, 11) is 0. The summed E-state index contributed by atoms with van der Waals surface area (Å²) in [5.41, 5.74) is 1.03. The molecule has 156 valence electrons. The number of fused-ring (bicyclic) bond motifs is 1. The van der Waals surface area contributed by atoms with Crippen LogP contribution in [0.2, 0.25) is 0 Å². The van der Waals surface area contributed by atoms with Crippen molar-refractivity contribution in [2.75, 3.05) is 36.6 Å². The van der Waals surface area contributed by atoms with Gasteiger partial charge in [0.05, 0.1) is 10.8 Å². The summed E-state index contributed by atoms with van der Waals surface area (Å²) >= 11 is 0. The Bertz CT molecular complexity index is 995. The Labute approximate surface area is 171 Å². The molecule has 1 fully saturated rings. The molecule has 2 N–H and O–H groups in total. The van der Waals surface area contributed by atoms with Gasteiger partial charge in [-0.05, 0) is 18.2 Å². The van der Waals surface area contributed by atoms with Crippen molar-refractivity contribution >= 4 is 28.9 Å². The van der Waals surface area contributed by atoms with Crippen molar-refractivity contribution in [2.24, 2.45) is 5.92 Å². The highest BCUT2D eigenvalue weighted by Gasteiger charge is 2.35. The fourth-order valence-corrected chi connectivity index (χ4v) is 3.50. The number of carbonyl (C=O) groups is 2. The van der Waals surface area contributed by atoms with Crippen LogP contribution in [0.4, 0.5) is 17.1 Å². The average Bonchev–Trinajstić information content (AvgIpc) is 3.37. The lowest BCUT2D eigenvalue weighted by Gasteiger charge is -2.17. The zero-order chi connectivity index (χ0) is 21.1. The Balaban J connectivity index is 1.29. The molecule has 2 aliphatic heterocycles. The fourth-order valence-electron chi connectivity index (χ4n) is 3.50. The number of nitro benzene ring substituents is 1. The molecule has 0 radical (unpaired) electrons. The number of hydrogen-bond donors (Lipinski definition) is 2. The molecule has 10 nitrogen and oxygen atoms in total. The maximum Gasteiger partial charge on any atom is 0.292 e. The van der Waals surface area contributed by atoms with Crippen LogP contribution in [0, 0.1) is 16.0 Å². The second-order valence-corrected chi connectivity index (χ2v) is 6.94. The van der Waals surface area contributed by atoms with Crippen molar-refractivity contribution in [3.05, 3.63) is 52.6 Å². The minimum atomic E-state index is -0.464. The van der Waals surface area contributed by atoms with Gasteiger partial charge >= 0.3 is 0 Å². The van der Waals surface area contributed by atoms with Gasteiger partial charge in [0.1, 0.15) is 5.69 Å². The third-order valence-corrected chi connectivity index (χ3v) is 5.00. The third kappa shape index (κ3) is 3.97. The maximum atomic E-state index is 12.5. The van der Waals surface area contributed by atoms with Crippen LogP contribution in [0.15, 0.2) is 42.5 Å². The van der Waals surface area contributed by atoms with Gasteiger partial charge in [-0.3, -0.25) is 19.7 Å². The van der Waals surface area contributed by atoms with E-state index in [4.69, 9.17) is 9.47 Å². The van der Waals surface area contributed by atoms with Gasteiger partial charge < -0.3 is 25.0 Å². The predicted molar refractivity (Wildman–Crippen MR) is 108 cm³/mol. The molecule has 0 spiro atoms. The Hall–Kier alpha value is -3.82. The molecule has 2 aliphatic rings. The number of carbonyl (C=O) groups excluding carboxylic acids is 2. The second-order valence-electron chi connectivity index (χ2n) is 6.94. The number of amides is 2. The highest BCUT2D eigenvalue weighted by Crippen LogP contribution is 2.37. The fraction of sp³-hybridized carbons (Fsp3) is 0.300. The SMILES string of the molecule is O=C(NCCNc1ccccc1[N+](=O)[O-])C1CC(=O)N(c2ccc3c(c2)OCO3)C1. The van der Waals surface area contributed by atoms with Crippen LogP contribution in [0.5, 0.6) is 11.5 Å². The van der Waals surface area contributed by atoms with Crippen LogP contribution in [-0.2, 0) is 9.59 Å². The summed E-state index contributed by atoms with van der Waals surface area (Å²) in [5.74, 6) is 0.386. The molecule has 0 aromatic heterocycles. The van der Waals surface area contributed by atoms with E-state index < -0.39 is 10.8 Å². The van der Waals surface area contributed by atoms with Gasteiger partial charge in [0.2, 0.25) is 18.6 Å². The van der Waals surface area contributed by atoms with Gasteiger partial charge in [0.25, 0.3) is 5.69 Å². The smallest absolute Gasteiger partial charge is 0.292 e. The number of benzene rings is 2. The first-order valence-corrected chi connectivity index (χ1v) is 9.48. The summed E-state index contributed by atoms with van der Waals surface area (Å²) in [4.78, 5) is 37.0. The van der Waals surface area contributed by atoms with E-state index in [2.05, 4.69) is 10.6 Å². The molecule has 1 saturated heterocycles. The largest absolute Gasteiger partial charge is 0.454 e. The molecule has 0 aliphatic carbocycles. The van der Waals surface area contributed by atoms with Crippen LogP contribution < -0.4 is 25.0 Å². The number of rotatable bonds is 7. The highest BCUT2D eigenvalue weighted by molar-refractivity contribution is 6.00. The molecule has 0 saturated carbocycles. The minimum Gasteiger partial charge on any atom is -0.454 e.